The van der Waals surface area contributed by atoms with Gasteiger partial charge in [-0.2, -0.15) is 0 Å². The van der Waals surface area contributed by atoms with Gasteiger partial charge in [0.25, 0.3) is 5.56 Å². The third-order valence-corrected chi connectivity index (χ3v) is 9.73. The number of halogens is 2. The summed E-state index contributed by atoms with van der Waals surface area (Å²) in [5, 5.41) is -0.465. The molecule has 1 unspecified atom stereocenters. The zero-order valence-electron chi connectivity index (χ0n) is 29.5. The van der Waals surface area contributed by atoms with Crippen molar-refractivity contribution in [1.82, 2.24) is 24.1 Å². The van der Waals surface area contributed by atoms with Crippen molar-refractivity contribution in [2.45, 2.75) is 64.1 Å². The number of nitrogens with zero attached hydrogens (tertiary/aromatic N) is 5. The Hall–Kier alpha value is -5.60. The number of hydrogen-bond acceptors (Lipinski definition) is 9. The summed E-state index contributed by atoms with van der Waals surface area (Å²) in [6, 6.07) is 22.8. The Morgan fingerprint density at radius 1 is 0.925 bits per heavy atom. The second-order valence-electron chi connectivity index (χ2n) is 13.5. The SMILES string of the molecule is Cc1cc(-c2cc(F)c(=O)n(Cc3ccc4ncn(C(=O)OC(C)(C)C)c4c3)c2)nc(S(=O)(=O)CCC(OCc2ccccc2F)c2ccccc2)n1. The van der Waals surface area contributed by atoms with Gasteiger partial charge in [0.1, 0.15) is 17.7 Å². The predicted octanol–water partition coefficient (Wildman–Crippen LogP) is 7.20. The molecule has 0 aliphatic heterocycles. The van der Waals surface area contributed by atoms with E-state index in [4.69, 9.17) is 9.47 Å². The van der Waals surface area contributed by atoms with E-state index in [1.165, 1.54) is 29.2 Å². The second-order valence-corrected chi connectivity index (χ2v) is 15.5. The maximum Gasteiger partial charge on any atom is 0.420 e. The van der Waals surface area contributed by atoms with E-state index in [-0.39, 0.29) is 30.8 Å². The van der Waals surface area contributed by atoms with Crippen LogP contribution in [0.1, 0.15) is 55.7 Å². The first-order chi connectivity index (χ1) is 25.2. The summed E-state index contributed by atoms with van der Waals surface area (Å²) < 4.78 is 70.8. The van der Waals surface area contributed by atoms with Gasteiger partial charge in [0, 0.05) is 23.0 Å². The van der Waals surface area contributed by atoms with Gasteiger partial charge in [-0.05, 0) is 75.6 Å². The second kappa shape index (κ2) is 15.2. The highest BCUT2D eigenvalue weighted by Gasteiger charge is 2.25. The Kier molecular flexibility index (Phi) is 10.6. The number of aromatic nitrogens is 5. The van der Waals surface area contributed by atoms with Gasteiger partial charge < -0.3 is 14.0 Å². The third-order valence-electron chi connectivity index (χ3n) is 8.22. The van der Waals surface area contributed by atoms with Crippen LogP contribution in [0.2, 0.25) is 0 Å². The zero-order chi connectivity index (χ0) is 37.9. The molecule has 274 valence electrons. The number of ether oxygens (including phenoxy) is 2. The molecule has 0 amide bonds. The molecule has 0 saturated heterocycles. The fourth-order valence-corrected chi connectivity index (χ4v) is 6.89. The molecule has 0 spiro atoms. The Morgan fingerprint density at radius 2 is 1.66 bits per heavy atom. The van der Waals surface area contributed by atoms with Crippen LogP contribution in [0.15, 0.2) is 107 Å². The van der Waals surface area contributed by atoms with Crippen LogP contribution in [0, 0.1) is 18.6 Å². The quantitative estimate of drug-likeness (QED) is 0.126. The molecular weight excluding hydrogens is 705 g/mol. The summed E-state index contributed by atoms with van der Waals surface area (Å²) in [7, 11) is -4.11. The van der Waals surface area contributed by atoms with Crippen molar-refractivity contribution in [2.75, 3.05) is 5.75 Å². The molecule has 0 fully saturated rings. The number of benzene rings is 3. The molecule has 3 aromatic carbocycles. The van der Waals surface area contributed by atoms with Crippen molar-refractivity contribution in [1.29, 1.82) is 0 Å². The summed E-state index contributed by atoms with van der Waals surface area (Å²) in [6.45, 7) is 6.67. The van der Waals surface area contributed by atoms with Crippen molar-refractivity contribution in [3.05, 3.63) is 142 Å². The molecule has 0 aliphatic carbocycles. The van der Waals surface area contributed by atoms with Crippen molar-refractivity contribution in [3.8, 4) is 11.3 Å². The molecule has 6 aromatic rings. The number of pyridine rings is 1. The lowest BCUT2D eigenvalue weighted by Crippen LogP contribution is -2.26. The minimum Gasteiger partial charge on any atom is -0.443 e. The van der Waals surface area contributed by atoms with E-state index in [0.29, 0.717) is 27.9 Å². The highest BCUT2D eigenvalue weighted by molar-refractivity contribution is 7.91. The van der Waals surface area contributed by atoms with E-state index in [9.17, 15) is 22.4 Å². The Balaban J connectivity index is 1.25. The van der Waals surface area contributed by atoms with Crippen molar-refractivity contribution in [3.63, 3.8) is 0 Å². The zero-order valence-corrected chi connectivity index (χ0v) is 30.3. The predicted molar refractivity (Wildman–Crippen MR) is 194 cm³/mol. The summed E-state index contributed by atoms with van der Waals surface area (Å²) in [5.74, 6) is -1.90. The van der Waals surface area contributed by atoms with E-state index in [2.05, 4.69) is 15.0 Å². The van der Waals surface area contributed by atoms with E-state index < -0.39 is 55.7 Å². The van der Waals surface area contributed by atoms with E-state index in [0.717, 1.165) is 16.2 Å². The standard InChI is InChI=1S/C39H37F2N5O6S/c1-25-18-33(44-37(43-25)53(49,50)17-16-35(27-10-6-5-7-11-27)51-23-28-12-8-9-13-30(28)40)29-20-31(41)36(47)45(22-29)21-26-14-15-32-34(19-26)46(24-42-32)38(48)52-39(2,3)4/h5-15,18-20,22,24,35H,16-17,21,23H2,1-4H3. The molecule has 3 aromatic heterocycles. The number of aryl methyl sites for hydroxylation is 1. The smallest absolute Gasteiger partial charge is 0.420 e. The molecular formula is C39H37F2N5O6S. The van der Waals surface area contributed by atoms with Gasteiger partial charge in [0.15, 0.2) is 5.82 Å². The van der Waals surface area contributed by atoms with Crippen LogP contribution in [0.4, 0.5) is 13.6 Å². The summed E-state index contributed by atoms with van der Waals surface area (Å²) in [4.78, 5) is 38.5. The number of imidazole rings is 1. The van der Waals surface area contributed by atoms with Crippen LogP contribution >= 0.6 is 0 Å². The minimum atomic E-state index is -4.11. The highest BCUT2D eigenvalue weighted by atomic mass is 32.2. The van der Waals surface area contributed by atoms with Crippen LogP contribution in [0.25, 0.3) is 22.3 Å². The normalized spacial score (nSPS) is 12.6. The number of fused-ring (bicyclic) bond motifs is 1. The Morgan fingerprint density at radius 3 is 2.40 bits per heavy atom. The molecule has 0 bridgehead atoms. The number of rotatable bonds is 11. The van der Waals surface area contributed by atoms with Crippen LogP contribution in [0.3, 0.4) is 0 Å². The molecule has 53 heavy (non-hydrogen) atoms. The van der Waals surface area contributed by atoms with Gasteiger partial charge >= 0.3 is 6.09 Å². The largest absolute Gasteiger partial charge is 0.443 e. The first kappa shape index (κ1) is 37.2. The lowest BCUT2D eigenvalue weighted by molar-refractivity contribution is 0.0361. The number of carbonyl (C=O) groups is 1. The van der Waals surface area contributed by atoms with Crippen LogP contribution in [0.5, 0.6) is 0 Å². The molecule has 0 saturated carbocycles. The molecule has 0 N–H and O–H groups in total. The van der Waals surface area contributed by atoms with Crippen molar-refractivity contribution >= 4 is 27.0 Å². The maximum absolute atomic E-state index is 15.2. The van der Waals surface area contributed by atoms with Crippen LogP contribution < -0.4 is 5.56 Å². The molecule has 1 atom stereocenters. The fourth-order valence-electron chi connectivity index (χ4n) is 5.66. The first-order valence-corrected chi connectivity index (χ1v) is 18.4. The minimum absolute atomic E-state index is 0.0180. The molecule has 3 heterocycles. The van der Waals surface area contributed by atoms with Crippen molar-refractivity contribution < 1.29 is 31.5 Å². The summed E-state index contributed by atoms with van der Waals surface area (Å²) in [5.41, 5.74) is 1.49. The van der Waals surface area contributed by atoms with Gasteiger partial charge in [-0.15, -0.1) is 0 Å². The molecule has 0 radical (unpaired) electrons. The van der Waals surface area contributed by atoms with Gasteiger partial charge in [-0.25, -0.2) is 41.5 Å². The molecule has 0 aliphatic rings. The molecule has 11 nitrogen and oxygen atoms in total. The van der Waals surface area contributed by atoms with Gasteiger partial charge in [0.2, 0.25) is 15.0 Å². The summed E-state index contributed by atoms with van der Waals surface area (Å²) in [6.07, 6.45) is 1.44. The van der Waals surface area contributed by atoms with Crippen LogP contribution in [-0.4, -0.2) is 50.0 Å². The third kappa shape index (κ3) is 8.90. The van der Waals surface area contributed by atoms with Gasteiger partial charge in [-0.1, -0.05) is 54.6 Å². The Labute approximate surface area is 304 Å². The lowest BCUT2D eigenvalue weighted by Gasteiger charge is -2.19. The highest BCUT2D eigenvalue weighted by Crippen LogP contribution is 2.27. The first-order valence-electron chi connectivity index (χ1n) is 16.7. The van der Waals surface area contributed by atoms with E-state index in [1.54, 1.807) is 88.4 Å². The monoisotopic (exact) mass is 741 g/mol. The van der Waals surface area contributed by atoms with Crippen molar-refractivity contribution in [2.24, 2.45) is 0 Å². The summed E-state index contributed by atoms with van der Waals surface area (Å²) >= 11 is 0. The topological polar surface area (TPSA) is 135 Å². The molecule has 6 rings (SSSR count). The average molecular weight is 742 g/mol. The lowest BCUT2D eigenvalue weighted by atomic mass is 10.1. The average Bonchev–Trinajstić information content (AvgIpc) is 3.54. The Bertz CT molecular complexity index is 2460. The van der Waals surface area contributed by atoms with Gasteiger partial charge in [0.05, 0.1) is 41.7 Å². The number of hydrogen-bond donors (Lipinski definition) is 0. The van der Waals surface area contributed by atoms with Gasteiger partial charge in [-0.3, -0.25) is 4.79 Å². The number of sulfone groups is 1. The van der Waals surface area contributed by atoms with Crippen LogP contribution in [-0.2, 0) is 32.5 Å². The van der Waals surface area contributed by atoms with E-state index >= 15 is 4.39 Å². The fraction of sp³-hybridized carbons (Fsp3) is 0.256. The molecule has 14 heteroatoms. The number of carbonyl (C=O) groups excluding carboxylic acids is 1. The maximum atomic E-state index is 15.2. The van der Waals surface area contributed by atoms with E-state index in [1.807, 2.05) is 6.07 Å².